The lowest BCUT2D eigenvalue weighted by Crippen LogP contribution is -2.42. The Morgan fingerprint density at radius 2 is 2.12 bits per heavy atom. The SMILES string of the molecule is COc1ccc(N(C(=O)C2CC(=O)N(CC3CC3)C2)C(C)C)cc1F. The van der Waals surface area contributed by atoms with Gasteiger partial charge >= 0.3 is 0 Å². The van der Waals surface area contributed by atoms with E-state index in [9.17, 15) is 14.0 Å². The first-order valence-electron chi connectivity index (χ1n) is 8.85. The molecule has 0 N–H and O–H groups in total. The van der Waals surface area contributed by atoms with Gasteiger partial charge in [0.15, 0.2) is 11.6 Å². The molecule has 1 saturated carbocycles. The van der Waals surface area contributed by atoms with Gasteiger partial charge in [-0.05, 0) is 44.7 Å². The zero-order valence-corrected chi connectivity index (χ0v) is 15.0. The van der Waals surface area contributed by atoms with Gasteiger partial charge in [0.1, 0.15) is 0 Å². The molecule has 1 heterocycles. The Kier molecular flexibility index (Phi) is 4.97. The second-order valence-electron chi connectivity index (χ2n) is 7.26. The van der Waals surface area contributed by atoms with E-state index in [1.54, 1.807) is 11.0 Å². The second kappa shape index (κ2) is 7.02. The summed E-state index contributed by atoms with van der Waals surface area (Å²) in [6, 6.07) is 4.38. The minimum absolute atomic E-state index is 0.0508. The quantitative estimate of drug-likeness (QED) is 0.794. The molecule has 3 rings (SSSR count). The monoisotopic (exact) mass is 348 g/mol. The maximum atomic E-state index is 14.1. The Balaban J connectivity index is 1.77. The summed E-state index contributed by atoms with van der Waals surface area (Å²) in [6.07, 6.45) is 2.59. The highest BCUT2D eigenvalue weighted by Gasteiger charge is 2.39. The fraction of sp³-hybridized carbons (Fsp3) is 0.579. The van der Waals surface area contributed by atoms with Crippen LogP contribution in [0, 0.1) is 17.7 Å². The Hall–Kier alpha value is -2.11. The van der Waals surface area contributed by atoms with Gasteiger partial charge in [0.2, 0.25) is 11.8 Å². The van der Waals surface area contributed by atoms with Gasteiger partial charge in [-0.3, -0.25) is 9.59 Å². The summed E-state index contributed by atoms with van der Waals surface area (Å²) in [5.74, 6) is -0.183. The molecule has 1 unspecified atom stereocenters. The average molecular weight is 348 g/mol. The zero-order chi connectivity index (χ0) is 18.1. The Morgan fingerprint density at radius 1 is 1.40 bits per heavy atom. The molecule has 0 radical (unpaired) electrons. The van der Waals surface area contributed by atoms with Crippen molar-refractivity contribution in [3.63, 3.8) is 0 Å². The van der Waals surface area contributed by atoms with Crippen LogP contribution in [0.1, 0.15) is 33.1 Å². The molecule has 2 amide bonds. The van der Waals surface area contributed by atoms with Crippen LogP contribution < -0.4 is 9.64 Å². The number of rotatable bonds is 6. The molecule has 1 atom stereocenters. The third-order valence-electron chi connectivity index (χ3n) is 4.91. The lowest BCUT2D eigenvalue weighted by Gasteiger charge is -2.29. The largest absolute Gasteiger partial charge is 0.494 e. The summed E-state index contributed by atoms with van der Waals surface area (Å²) in [6.45, 7) is 5.01. The summed E-state index contributed by atoms with van der Waals surface area (Å²) >= 11 is 0. The van der Waals surface area contributed by atoms with Crippen LogP contribution in [0.15, 0.2) is 18.2 Å². The molecule has 25 heavy (non-hydrogen) atoms. The first kappa shape index (κ1) is 17.7. The minimum atomic E-state index is -0.503. The number of benzene rings is 1. The smallest absolute Gasteiger partial charge is 0.232 e. The number of nitrogens with zero attached hydrogens (tertiary/aromatic N) is 2. The number of methoxy groups -OCH3 is 1. The lowest BCUT2D eigenvalue weighted by atomic mass is 10.1. The summed E-state index contributed by atoms with van der Waals surface area (Å²) < 4.78 is 19.0. The first-order chi connectivity index (χ1) is 11.9. The Bertz CT molecular complexity index is 673. The molecule has 1 aliphatic heterocycles. The van der Waals surface area contributed by atoms with E-state index in [2.05, 4.69) is 0 Å². The standard InChI is InChI=1S/C19H25FN2O3/c1-12(2)22(15-6-7-17(25-3)16(20)9-15)19(24)14-8-18(23)21(11-14)10-13-4-5-13/h6-7,9,12-14H,4-5,8,10-11H2,1-3H3. The third kappa shape index (κ3) is 3.78. The van der Waals surface area contributed by atoms with E-state index in [4.69, 9.17) is 4.74 Å². The van der Waals surface area contributed by atoms with Gasteiger partial charge in [0.05, 0.1) is 13.0 Å². The predicted molar refractivity (Wildman–Crippen MR) is 93.0 cm³/mol. The molecule has 2 aliphatic rings. The van der Waals surface area contributed by atoms with Crippen molar-refractivity contribution in [2.75, 3.05) is 25.1 Å². The molecule has 1 aromatic rings. The highest BCUT2D eigenvalue weighted by molar-refractivity contribution is 5.99. The van der Waals surface area contributed by atoms with Crippen LogP contribution in [0.4, 0.5) is 10.1 Å². The number of amides is 2. The molecule has 136 valence electrons. The fourth-order valence-electron chi connectivity index (χ4n) is 3.41. The number of carbonyl (C=O) groups is 2. The van der Waals surface area contributed by atoms with E-state index in [-0.39, 0.29) is 35.9 Å². The maximum Gasteiger partial charge on any atom is 0.232 e. The zero-order valence-electron chi connectivity index (χ0n) is 15.0. The van der Waals surface area contributed by atoms with E-state index in [1.165, 1.54) is 32.1 Å². The third-order valence-corrected chi connectivity index (χ3v) is 4.91. The van der Waals surface area contributed by atoms with Crippen molar-refractivity contribution in [3.8, 4) is 5.75 Å². The van der Waals surface area contributed by atoms with Crippen molar-refractivity contribution in [1.29, 1.82) is 0 Å². The minimum Gasteiger partial charge on any atom is -0.494 e. The Labute approximate surface area is 147 Å². The molecule has 1 aromatic carbocycles. The van der Waals surface area contributed by atoms with Crippen LogP contribution in [0.2, 0.25) is 0 Å². The first-order valence-corrected chi connectivity index (χ1v) is 8.85. The van der Waals surface area contributed by atoms with Crippen molar-refractivity contribution in [3.05, 3.63) is 24.0 Å². The van der Waals surface area contributed by atoms with E-state index < -0.39 is 5.82 Å². The van der Waals surface area contributed by atoms with Gasteiger partial charge in [-0.25, -0.2) is 4.39 Å². The van der Waals surface area contributed by atoms with Crippen molar-refractivity contribution in [2.24, 2.45) is 11.8 Å². The fourth-order valence-corrected chi connectivity index (χ4v) is 3.41. The van der Waals surface area contributed by atoms with Gasteiger partial charge in [-0.2, -0.15) is 0 Å². The maximum absolute atomic E-state index is 14.1. The van der Waals surface area contributed by atoms with Crippen molar-refractivity contribution < 1.29 is 18.7 Å². The van der Waals surface area contributed by atoms with Crippen LogP contribution in [0.25, 0.3) is 0 Å². The van der Waals surface area contributed by atoms with Gasteiger partial charge in [-0.1, -0.05) is 0 Å². The topological polar surface area (TPSA) is 49.9 Å². The van der Waals surface area contributed by atoms with E-state index in [0.717, 1.165) is 6.54 Å². The van der Waals surface area contributed by atoms with Crippen LogP contribution in [0.3, 0.4) is 0 Å². The summed E-state index contributed by atoms with van der Waals surface area (Å²) in [5.41, 5.74) is 0.492. The van der Waals surface area contributed by atoms with Crippen LogP contribution in [0.5, 0.6) is 5.75 Å². The average Bonchev–Trinajstić information content (AvgIpc) is 3.30. The predicted octanol–water partition coefficient (Wildman–Crippen LogP) is 2.83. The van der Waals surface area contributed by atoms with Crippen molar-refractivity contribution >= 4 is 17.5 Å². The normalized spacial score (nSPS) is 20.3. The van der Waals surface area contributed by atoms with Crippen LogP contribution in [-0.2, 0) is 9.59 Å². The summed E-state index contributed by atoms with van der Waals surface area (Å²) in [5, 5.41) is 0. The molecule has 1 saturated heterocycles. The molecule has 2 fully saturated rings. The Morgan fingerprint density at radius 3 is 2.68 bits per heavy atom. The molecule has 0 bridgehead atoms. The van der Waals surface area contributed by atoms with E-state index >= 15 is 0 Å². The second-order valence-corrected chi connectivity index (χ2v) is 7.26. The van der Waals surface area contributed by atoms with Gasteiger partial charge in [0, 0.05) is 37.3 Å². The number of ether oxygens (including phenoxy) is 1. The molecule has 1 aliphatic carbocycles. The number of likely N-dealkylation sites (tertiary alicyclic amines) is 1. The molecular weight excluding hydrogens is 323 g/mol. The summed E-state index contributed by atoms with van der Waals surface area (Å²) in [4.78, 5) is 28.6. The number of hydrogen-bond acceptors (Lipinski definition) is 3. The van der Waals surface area contributed by atoms with Gasteiger partial charge in [-0.15, -0.1) is 0 Å². The summed E-state index contributed by atoms with van der Waals surface area (Å²) in [7, 11) is 1.40. The van der Waals surface area contributed by atoms with Gasteiger partial charge in [0.25, 0.3) is 0 Å². The molecule has 5 nitrogen and oxygen atoms in total. The molecular formula is C19H25FN2O3. The van der Waals surface area contributed by atoms with E-state index in [0.29, 0.717) is 18.2 Å². The lowest BCUT2D eigenvalue weighted by molar-refractivity contribution is -0.128. The van der Waals surface area contributed by atoms with Crippen LogP contribution in [-0.4, -0.2) is 43.0 Å². The molecule has 0 aromatic heterocycles. The van der Waals surface area contributed by atoms with Gasteiger partial charge < -0.3 is 14.5 Å². The number of anilines is 1. The highest BCUT2D eigenvalue weighted by atomic mass is 19.1. The highest BCUT2D eigenvalue weighted by Crippen LogP contribution is 2.33. The van der Waals surface area contributed by atoms with E-state index in [1.807, 2.05) is 18.7 Å². The van der Waals surface area contributed by atoms with Crippen molar-refractivity contribution in [1.82, 2.24) is 4.90 Å². The number of hydrogen-bond donors (Lipinski definition) is 0. The number of carbonyl (C=O) groups excluding carboxylic acids is 2. The molecule has 6 heteroatoms. The molecule has 0 spiro atoms. The number of halogens is 1. The van der Waals surface area contributed by atoms with Crippen LogP contribution >= 0.6 is 0 Å². The van der Waals surface area contributed by atoms with Crippen molar-refractivity contribution in [2.45, 2.75) is 39.2 Å².